The Balaban J connectivity index is 2.24. The third-order valence-corrected chi connectivity index (χ3v) is 3.64. The lowest BCUT2D eigenvalue weighted by atomic mass is 10.1. The summed E-state index contributed by atoms with van der Waals surface area (Å²) in [6.45, 7) is 1.95. The minimum atomic E-state index is -0.605. The van der Waals surface area contributed by atoms with E-state index in [1.54, 1.807) is 25.1 Å². The average Bonchev–Trinajstić information content (AvgIpc) is 2.53. The Labute approximate surface area is 150 Å². The molecule has 1 N–H and O–H groups in total. The minimum absolute atomic E-state index is 0.116. The number of benzene rings is 1. The van der Waals surface area contributed by atoms with Crippen LogP contribution in [0.3, 0.4) is 0 Å². The number of ether oxygens (including phenoxy) is 2. The van der Waals surface area contributed by atoms with E-state index in [0.717, 1.165) is 0 Å². The fourth-order valence-electron chi connectivity index (χ4n) is 1.79. The van der Waals surface area contributed by atoms with Crippen LogP contribution in [0.25, 0.3) is 0 Å². The molecule has 0 fully saturated rings. The third-order valence-electron chi connectivity index (χ3n) is 2.93. The second-order valence-electron chi connectivity index (χ2n) is 4.80. The molecule has 1 aromatic carbocycles. The first-order valence-electron chi connectivity index (χ1n) is 7.44. The standard InChI is InChI=1S/C16H19Cl2NO5/c1-2-23-15(21)7-4-8-19-14(20)10-24-16(22)9-11-12(17)5-3-6-13(11)18/h3,5-6H,2,4,7-10H2,1H3,(H,19,20). The Hall–Kier alpha value is -1.79. The van der Waals surface area contributed by atoms with Gasteiger partial charge in [-0.25, -0.2) is 0 Å². The molecule has 0 saturated heterocycles. The number of esters is 2. The topological polar surface area (TPSA) is 81.7 Å². The van der Waals surface area contributed by atoms with Gasteiger partial charge < -0.3 is 14.8 Å². The predicted molar refractivity (Wildman–Crippen MR) is 90.0 cm³/mol. The van der Waals surface area contributed by atoms with Gasteiger partial charge in [-0.15, -0.1) is 0 Å². The molecule has 0 bridgehead atoms. The molecule has 0 saturated carbocycles. The quantitative estimate of drug-likeness (QED) is 0.529. The van der Waals surface area contributed by atoms with E-state index in [1.807, 2.05) is 0 Å². The van der Waals surface area contributed by atoms with Gasteiger partial charge in [-0.1, -0.05) is 29.3 Å². The summed E-state index contributed by atoms with van der Waals surface area (Å²) >= 11 is 11.9. The Bertz CT molecular complexity index is 572. The number of rotatable bonds is 9. The van der Waals surface area contributed by atoms with Crippen molar-refractivity contribution in [1.29, 1.82) is 0 Å². The molecular formula is C16H19Cl2NO5. The van der Waals surface area contributed by atoms with Crippen LogP contribution in [0.1, 0.15) is 25.3 Å². The van der Waals surface area contributed by atoms with Crippen LogP contribution in [0, 0.1) is 0 Å². The van der Waals surface area contributed by atoms with Crippen molar-refractivity contribution in [2.45, 2.75) is 26.2 Å². The van der Waals surface area contributed by atoms with Gasteiger partial charge in [0.1, 0.15) is 0 Å². The second-order valence-corrected chi connectivity index (χ2v) is 5.61. The van der Waals surface area contributed by atoms with Gasteiger partial charge in [-0.05, 0) is 25.5 Å². The van der Waals surface area contributed by atoms with Gasteiger partial charge in [0, 0.05) is 28.6 Å². The minimum Gasteiger partial charge on any atom is -0.466 e. The zero-order valence-corrected chi connectivity index (χ0v) is 14.8. The van der Waals surface area contributed by atoms with E-state index in [0.29, 0.717) is 35.2 Å². The van der Waals surface area contributed by atoms with Crippen LogP contribution in [-0.2, 0) is 30.3 Å². The van der Waals surface area contributed by atoms with Crippen LogP contribution in [0.4, 0.5) is 0 Å². The molecule has 0 aromatic heterocycles. The molecule has 0 aliphatic carbocycles. The summed E-state index contributed by atoms with van der Waals surface area (Å²) in [5, 5.41) is 3.27. The molecule has 0 atom stereocenters. The van der Waals surface area contributed by atoms with Gasteiger partial charge in [0.2, 0.25) is 0 Å². The van der Waals surface area contributed by atoms with Crippen LogP contribution in [0.5, 0.6) is 0 Å². The number of hydrogen-bond acceptors (Lipinski definition) is 5. The van der Waals surface area contributed by atoms with Crippen molar-refractivity contribution in [3.63, 3.8) is 0 Å². The molecule has 1 amide bonds. The van der Waals surface area contributed by atoms with E-state index in [1.165, 1.54) is 0 Å². The molecule has 0 aliphatic heterocycles. The Morgan fingerprint density at radius 3 is 2.38 bits per heavy atom. The van der Waals surface area contributed by atoms with E-state index in [2.05, 4.69) is 5.32 Å². The molecule has 6 nitrogen and oxygen atoms in total. The van der Waals surface area contributed by atoms with E-state index in [-0.39, 0.29) is 18.8 Å². The second kappa shape index (κ2) is 10.9. The van der Waals surface area contributed by atoms with Gasteiger partial charge in [-0.3, -0.25) is 14.4 Å². The van der Waals surface area contributed by atoms with Crippen LogP contribution >= 0.6 is 23.2 Å². The summed E-state index contributed by atoms with van der Waals surface area (Å²) in [6, 6.07) is 4.90. The van der Waals surface area contributed by atoms with Crippen LogP contribution in [-0.4, -0.2) is 37.6 Å². The fraction of sp³-hybridized carbons (Fsp3) is 0.438. The Morgan fingerprint density at radius 2 is 1.75 bits per heavy atom. The molecule has 1 aromatic rings. The van der Waals surface area contributed by atoms with Crippen molar-refractivity contribution in [3.8, 4) is 0 Å². The largest absolute Gasteiger partial charge is 0.466 e. The lowest BCUT2D eigenvalue weighted by Crippen LogP contribution is -2.30. The number of carbonyl (C=O) groups is 3. The van der Waals surface area contributed by atoms with E-state index < -0.39 is 18.5 Å². The number of nitrogens with one attached hydrogen (secondary N) is 1. The lowest BCUT2D eigenvalue weighted by Gasteiger charge is -2.08. The van der Waals surface area contributed by atoms with E-state index in [4.69, 9.17) is 32.7 Å². The number of carbonyl (C=O) groups excluding carboxylic acids is 3. The van der Waals surface area contributed by atoms with Gasteiger partial charge in [0.15, 0.2) is 6.61 Å². The van der Waals surface area contributed by atoms with Crippen molar-refractivity contribution in [2.24, 2.45) is 0 Å². The van der Waals surface area contributed by atoms with Crippen LogP contribution in [0.2, 0.25) is 10.0 Å². The molecule has 0 heterocycles. The highest BCUT2D eigenvalue weighted by Gasteiger charge is 2.13. The lowest BCUT2D eigenvalue weighted by molar-refractivity contribution is -0.147. The normalized spacial score (nSPS) is 10.1. The highest BCUT2D eigenvalue weighted by Crippen LogP contribution is 2.24. The SMILES string of the molecule is CCOC(=O)CCCNC(=O)COC(=O)Cc1c(Cl)cccc1Cl. The number of halogens is 2. The fourth-order valence-corrected chi connectivity index (χ4v) is 2.32. The molecule has 1 rings (SSSR count). The molecule has 24 heavy (non-hydrogen) atoms. The molecule has 0 unspecified atom stereocenters. The maximum Gasteiger partial charge on any atom is 0.310 e. The summed E-state index contributed by atoms with van der Waals surface area (Å²) < 4.78 is 9.64. The summed E-state index contributed by atoms with van der Waals surface area (Å²) in [4.78, 5) is 34.4. The van der Waals surface area contributed by atoms with Gasteiger partial charge in [0.25, 0.3) is 5.91 Å². The Morgan fingerprint density at radius 1 is 1.08 bits per heavy atom. The van der Waals surface area contributed by atoms with Crippen molar-refractivity contribution in [3.05, 3.63) is 33.8 Å². The average molecular weight is 376 g/mol. The van der Waals surface area contributed by atoms with E-state index in [9.17, 15) is 14.4 Å². The van der Waals surface area contributed by atoms with Crippen molar-refractivity contribution in [1.82, 2.24) is 5.32 Å². The van der Waals surface area contributed by atoms with Gasteiger partial charge in [-0.2, -0.15) is 0 Å². The molecule has 8 heteroatoms. The van der Waals surface area contributed by atoms with Crippen LogP contribution < -0.4 is 5.32 Å². The molecule has 0 aliphatic rings. The first-order valence-corrected chi connectivity index (χ1v) is 8.20. The third kappa shape index (κ3) is 7.66. The zero-order valence-electron chi connectivity index (χ0n) is 13.3. The number of hydrogen-bond donors (Lipinski definition) is 1. The highest BCUT2D eigenvalue weighted by atomic mass is 35.5. The first kappa shape index (κ1) is 20.3. The molecule has 132 valence electrons. The molecule has 0 radical (unpaired) electrons. The molecule has 0 spiro atoms. The monoisotopic (exact) mass is 375 g/mol. The summed E-state index contributed by atoms with van der Waals surface area (Å²) in [7, 11) is 0. The van der Waals surface area contributed by atoms with Gasteiger partial charge >= 0.3 is 11.9 Å². The molecular weight excluding hydrogens is 357 g/mol. The van der Waals surface area contributed by atoms with Crippen LogP contribution in [0.15, 0.2) is 18.2 Å². The summed E-state index contributed by atoms with van der Waals surface area (Å²) in [6.07, 6.45) is 0.557. The van der Waals surface area contributed by atoms with Crippen molar-refractivity contribution >= 4 is 41.0 Å². The number of amides is 1. The summed E-state index contributed by atoms with van der Waals surface area (Å²) in [5.41, 5.74) is 0.459. The maximum atomic E-state index is 11.7. The van der Waals surface area contributed by atoms with E-state index >= 15 is 0 Å². The smallest absolute Gasteiger partial charge is 0.310 e. The van der Waals surface area contributed by atoms with Crippen molar-refractivity contribution < 1.29 is 23.9 Å². The first-order chi connectivity index (χ1) is 11.4. The Kier molecular flexibility index (Phi) is 9.19. The van der Waals surface area contributed by atoms with Gasteiger partial charge in [0.05, 0.1) is 13.0 Å². The predicted octanol–water partition coefficient (Wildman–Crippen LogP) is 2.54. The zero-order chi connectivity index (χ0) is 17.9. The summed E-state index contributed by atoms with van der Waals surface area (Å²) in [5.74, 6) is -1.36. The maximum absolute atomic E-state index is 11.7. The highest BCUT2D eigenvalue weighted by molar-refractivity contribution is 6.36. The van der Waals surface area contributed by atoms with Crippen molar-refractivity contribution in [2.75, 3.05) is 19.8 Å².